The molecule has 7 heteroatoms. The average Bonchev–Trinajstić information content (AvgIpc) is 3.03. The Bertz CT molecular complexity index is 786. The van der Waals surface area contributed by atoms with Crippen molar-refractivity contribution >= 4 is 17.5 Å². The number of fused-ring (bicyclic) bond motifs is 2. The summed E-state index contributed by atoms with van der Waals surface area (Å²) in [5.41, 5.74) is 0.598. The fourth-order valence-corrected chi connectivity index (χ4v) is 5.26. The number of carbonyl (C=O) groups excluding carboxylic acids is 1. The molecule has 1 aromatic rings. The Labute approximate surface area is 158 Å². The number of nitrogens with zero attached hydrogens (tertiary/aromatic N) is 4. The quantitative estimate of drug-likeness (QED) is 0.808. The van der Waals surface area contributed by atoms with E-state index in [1.54, 1.807) is 6.92 Å². The van der Waals surface area contributed by atoms with E-state index in [0.29, 0.717) is 54.6 Å². The molecule has 1 saturated carbocycles. The molecule has 4 aliphatic rings. The van der Waals surface area contributed by atoms with Crippen molar-refractivity contribution in [1.82, 2.24) is 9.97 Å². The molecule has 0 spiro atoms. The second-order valence-corrected chi connectivity index (χ2v) is 8.87. The van der Waals surface area contributed by atoms with E-state index in [4.69, 9.17) is 4.98 Å². The monoisotopic (exact) mass is 376 g/mol. The highest BCUT2D eigenvalue weighted by Gasteiger charge is 2.56. The van der Waals surface area contributed by atoms with Gasteiger partial charge in [-0.05, 0) is 50.9 Å². The van der Waals surface area contributed by atoms with Crippen molar-refractivity contribution in [3.8, 4) is 0 Å². The third-order valence-corrected chi connectivity index (χ3v) is 7.01. The van der Waals surface area contributed by atoms with Crippen LogP contribution in [0.1, 0.15) is 50.8 Å². The van der Waals surface area contributed by atoms with E-state index < -0.39 is 5.92 Å². The molecule has 0 aromatic carbocycles. The number of anilines is 2. The van der Waals surface area contributed by atoms with Gasteiger partial charge in [-0.25, -0.2) is 4.98 Å². The zero-order chi connectivity index (χ0) is 18.9. The summed E-state index contributed by atoms with van der Waals surface area (Å²) in [6.07, 6.45) is 2.67. The smallest absolute Gasteiger partial charge is 0.290 e. The fraction of sp³-hybridized carbons (Fsp3) is 0.750. The highest BCUT2D eigenvalue weighted by Crippen LogP contribution is 2.55. The Balaban J connectivity index is 1.47. The van der Waals surface area contributed by atoms with Crippen LogP contribution in [-0.4, -0.2) is 41.4 Å². The van der Waals surface area contributed by atoms with Crippen molar-refractivity contribution in [2.75, 3.05) is 29.4 Å². The number of aromatic nitrogens is 2. The second-order valence-electron chi connectivity index (χ2n) is 8.87. The number of hydrogen-bond donors (Lipinski definition) is 0. The summed E-state index contributed by atoms with van der Waals surface area (Å²) in [5, 5.41) is 0. The molecule has 1 aromatic heterocycles. The lowest BCUT2D eigenvalue weighted by atomic mass is 9.92. The maximum atomic E-state index is 14.7. The number of Topliss-reactive ketones (excluding diaryl/α,β-unsaturated/α-hetero) is 1. The molecule has 3 heterocycles. The summed E-state index contributed by atoms with van der Waals surface area (Å²) in [6, 6.07) is 0.306. The molecule has 27 heavy (non-hydrogen) atoms. The summed E-state index contributed by atoms with van der Waals surface area (Å²) in [7, 11) is 0. The van der Waals surface area contributed by atoms with Crippen LogP contribution < -0.4 is 9.80 Å². The van der Waals surface area contributed by atoms with Gasteiger partial charge in [0, 0.05) is 44.1 Å². The molecule has 3 fully saturated rings. The topological polar surface area (TPSA) is 49.3 Å². The third-order valence-electron chi connectivity index (χ3n) is 7.01. The van der Waals surface area contributed by atoms with Crippen molar-refractivity contribution in [2.45, 2.75) is 57.9 Å². The Morgan fingerprint density at radius 1 is 1.26 bits per heavy atom. The predicted octanol–water partition coefficient (Wildman–Crippen LogP) is 3.16. The Morgan fingerprint density at radius 2 is 2.00 bits per heavy atom. The number of hydrogen-bond acceptors (Lipinski definition) is 5. The summed E-state index contributed by atoms with van der Waals surface area (Å²) < 4.78 is 29.3. The fourth-order valence-electron chi connectivity index (χ4n) is 5.26. The van der Waals surface area contributed by atoms with E-state index in [2.05, 4.69) is 16.8 Å². The van der Waals surface area contributed by atoms with Gasteiger partial charge in [-0.15, -0.1) is 0 Å². The van der Waals surface area contributed by atoms with Crippen LogP contribution in [0.2, 0.25) is 0 Å². The minimum Gasteiger partial charge on any atom is -0.356 e. The van der Waals surface area contributed by atoms with Crippen LogP contribution in [0, 0.1) is 17.8 Å². The van der Waals surface area contributed by atoms with Gasteiger partial charge in [0.25, 0.3) is 5.92 Å². The van der Waals surface area contributed by atoms with Gasteiger partial charge in [-0.1, -0.05) is 0 Å². The van der Waals surface area contributed by atoms with Crippen LogP contribution in [0.5, 0.6) is 0 Å². The van der Waals surface area contributed by atoms with Crippen LogP contribution in [0.15, 0.2) is 0 Å². The van der Waals surface area contributed by atoms with Gasteiger partial charge in [0.05, 0.1) is 0 Å². The summed E-state index contributed by atoms with van der Waals surface area (Å²) >= 11 is 0. The standard InChI is InChI=1S/C20H26F2N4O/c1-11-5-7-26(11)19-23-17-13(4-3-6-20(17,21)22)18(24-19)25-9-15-14(8-12(2)27)16(15)10-25/h11,14-16H,3-10H2,1-2H3/t11-,14?,15-,16+/m0/s1. The van der Waals surface area contributed by atoms with Gasteiger partial charge >= 0.3 is 0 Å². The first-order valence-corrected chi connectivity index (χ1v) is 10.2. The van der Waals surface area contributed by atoms with E-state index in [0.717, 1.165) is 31.9 Å². The van der Waals surface area contributed by atoms with E-state index in [-0.39, 0.29) is 17.9 Å². The van der Waals surface area contributed by atoms with Crippen molar-refractivity contribution < 1.29 is 13.6 Å². The molecular formula is C20H26F2N4O. The van der Waals surface area contributed by atoms with Gasteiger partial charge in [-0.2, -0.15) is 13.8 Å². The van der Waals surface area contributed by atoms with E-state index in [9.17, 15) is 13.6 Å². The van der Waals surface area contributed by atoms with Crippen LogP contribution in [0.4, 0.5) is 20.5 Å². The first-order chi connectivity index (χ1) is 12.8. The van der Waals surface area contributed by atoms with Gasteiger partial charge in [-0.3, -0.25) is 0 Å². The van der Waals surface area contributed by atoms with Gasteiger partial charge < -0.3 is 14.6 Å². The molecule has 146 valence electrons. The van der Waals surface area contributed by atoms with E-state index in [1.807, 2.05) is 4.90 Å². The maximum absolute atomic E-state index is 14.7. The highest BCUT2D eigenvalue weighted by molar-refractivity contribution is 5.76. The first-order valence-electron chi connectivity index (χ1n) is 10.2. The highest BCUT2D eigenvalue weighted by atomic mass is 19.3. The largest absolute Gasteiger partial charge is 0.356 e. The minimum absolute atomic E-state index is 0.0475. The normalized spacial score (nSPS) is 33.3. The Morgan fingerprint density at radius 3 is 2.59 bits per heavy atom. The van der Waals surface area contributed by atoms with Crippen LogP contribution in [0.3, 0.4) is 0 Å². The van der Waals surface area contributed by atoms with Gasteiger partial charge in [0.1, 0.15) is 17.3 Å². The lowest BCUT2D eigenvalue weighted by molar-refractivity contribution is -0.117. The number of rotatable bonds is 4. The van der Waals surface area contributed by atoms with E-state index in [1.165, 1.54) is 0 Å². The number of halogens is 2. The van der Waals surface area contributed by atoms with Crippen molar-refractivity contribution in [3.05, 3.63) is 11.3 Å². The molecule has 2 aliphatic carbocycles. The molecular weight excluding hydrogens is 350 g/mol. The van der Waals surface area contributed by atoms with Gasteiger partial charge in [0.15, 0.2) is 0 Å². The Hall–Kier alpha value is -1.79. The molecule has 5 rings (SSSR count). The maximum Gasteiger partial charge on any atom is 0.290 e. The molecule has 0 bridgehead atoms. The SMILES string of the molecule is CC(=O)CC1[C@H]2CN(c3nc(N4CC[C@@H]4C)nc4c3CCCC4(F)F)C[C@@H]12. The van der Waals surface area contributed by atoms with Crippen LogP contribution in [-0.2, 0) is 17.1 Å². The molecule has 4 atom stereocenters. The predicted molar refractivity (Wildman–Crippen MR) is 98.3 cm³/mol. The third kappa shape index (κ3) is 2.72. The molecule has 0 N–H and O–H groups in total. The number of piperidine rings is 1. The molecule has 0 radical (unpaired) electrons. The zero-order valence-electron chi connectivity index (χ0n) is 15.9. The molecule has 2 aliphatic heterocycles. The molecule has 0 amide bonds. The second kappa shape index (κ2) is 5.85. The number of carbonyl (C=O) groups is 1. The van der Waals surface area contributed by atoms with Crippen molar-refractivity contribution in [1.29, 1.82) is 0 Å². The lowest BCUT2D eigenvalue weighted by Gasteiger charge is -2.40. The summed E-state index contributed by atoms with van der Waals surface area (Å²) in [5.74, 6) is 0.0625. The van der Waals surface area contributed by atoms with E-state index >= 15 is 0 Å². The Kier molecular flexibility index (Phi) is 3.75. The van der Waals surface area contributed by atoms with Gasteiger partial charge in [0.2, 0.25) is 5.95 Å². The number of alkyl halides is 2. The minimum atomic E-state index is -2.87. The van der Waals surface area contributed by atoms with Crippen LogP contribution in [0.25, 0.3) is 0 Å². The molecule has 1 unspecified atom stereocenters. The van der Waals surface area contributed by atoms with Crippen LogP contribution >= 0.6 is 0 Å². The lowest BCUT2D eigenvalue weighted by Crippen LogP contribution is -2.47. The zero-order valence-corrected chi connectivity index (χ0v) is 15.9. The molecule has 5 nitrogen and oxygen atoms in total. The summed E-state index contributed by atoms with van der Waals surface area (Å²) in [6.45, 7) is 6.22. The average molecular weight is 376 g/mol. The van der Waals surface area contributed by atoms with Crippen molar-refractivity contribution in [2.24, 2.45) is 17.8 Å². The first kappa shape index (κ1) is 17.3. The number of ketones is 1. The summed E-state index contributed by atoms with van der Waals surface area (Å²) in [4.78, 5) is 24.8. The van der Waals surface area contributed by atoms with Crippen molar-refractivity contribution in [3.63, 3.8) is 0 Å². The molecule has 2 saturated heterocycles.